The maximum Gasteiger partial charge on any atom is 0.252 e. The van der Waals surface area contributed by atoms with Gasteiger partial charge in [-0.25, -0.2) is 0 Å². The molecule has 1 atom stereocenters. The number of carbonyl (C=O) groups excluding carboxylic acids is 1. The van der Waals surface area contributed by atoms with Gasteiger partial charge in [-0.15, -0.1) is 0 Å². The van der Waals surface area contributed by atoms with Crippen LogP contribution in [0.4, 0.5) is 5.69 Å². The molecule has 0 bridgehead atoms. The van der Waals surface area contributed by atoms with Crippen molar-refractivity contribution in [2.24, 2.45) is 0 Å². The summed E-state index contributed by atoms with van der Waals surface area (Å²) >= 11 is 5.95. The molecule has 3 rings (SSSR count). The molecule has 0 saturated carbocycles. The Morgan fingerprint density at radius 1 is 1.27 bits per heavy atom. The van der Waals surface area contributed by atoms with Crippen LogP contribution < -0.4 is 11.1 Å². The van der Waals surface area contributed by atoms with E-state index in [4.69, 9.17) is 17.3 Å². The SMILES string of the molecule is Cc1cc(Cl)ccc1C(=O)NC1CCCc2cc(N)ccc21. The van der Waals surface area contributed by atoms with E-state index in [0.29, 0.717) is 10.6 Å². The summed E-state index contributed by atoms with van der Waals surface area (Å²) in [5.41, 5.74) is 10.6. The van der Waals surface area contributed by atoms with Crippen LogP contribution in [0.25, 0.3) is 0 Å². The zero-order chi connectivity index (χ0) is 15.7. The van der Waals surface area contributed by atoms with E-state index in [1.54, 1.807) is 12.1 Å². The van der Waals surface area contributed by atoms with Gasteiger partial charge in [-0.1, -0.05) is 17.7 Å². The van der Waals surface area contributed by atoms with Crippen LogP contribution in [-0.2, 0) is 6.42 Å². The molecule has 0 aromatic heterocycles. The number of anilines is 1. The Balaban J connectivity index is 1.84. The molecule has 1 unspecified atom stereocenters. The first kappa shape index (κ1) is 14.9. The summed E-state index contributed by atoms with van der Waals surface area (Å²) in [5.74, 6) is -0.0520. The smallest absolute Gasteiger partial charge is 0.252 e. The molecule has 0 aliphatic heterocycles. The van der Waals surface area contributed by atoms with Gasteiger partial charge < -0.3 is 11.1 Å². The van der Waals surface area contributed by atoms with Crippen molar-refractivity contribution in [3.8, 4) is 0 Å². The number of rotatable bonds is 2. The Labute approximate surface area is 135 Å². The molecule has 3 nitrogen and oxygen atoms in total. The lowest BCUT2D eigenvalue weighted by molar-refractivity contribution is 0.0932. The fourth-order valence-corrected chi connectivity index (χ4v) is 3.33. The van der Waals surface area contributed by atoms with E-state index >= 15 is 0 Å². The van der Waals surface area contributed by atoms with E-state index < -0.39 is 0 Å². The minimum Gasteiger partial charge on any atom is -0.399 e. The summed E-state index contributed by atoms with van der Waals surface area (Å²) in [7, 11) is 0. The summed E-state index contributed by atoms with van der Waals surface area (Å²) in [6, 6.07) is 11.3. The molecule has 0 spiro atoms. The lowest BCUT2D eigenvalue weighted by Gasteiger charge is -2.27. The molecule has 3 N–H and O–H groups in total. The molecule has 22 heavy (non-hydrogen) atoms. The van der Waals surface area contributed by atoms with Gasteiger partial charge in [-0.3, -0.25) is 4.79 Å². The highest BCUT2D eigenvalue weighted by Crippen LogP contribution is 2.31. The van der Waals surface area contributed by atoms with Gasteiger partial charge >= 0.3 is 0 Å². The van der Waals surface area contributed by atoms with Crippen molar-refractivity contribution in [3.05, 3.63) is 63.7 Å². The van der Waals surface area contributed by atoms with Crippen molar-refractivity contribution in [1.82, 2.24) is 5.32 Å². The number of nitrogens with two attached hydrogens (primary N) is 1. The molecule has 0 fully saturated rings. The molecule has 2 aromatic carbocycles. The maximum absolute atomic E-state index is 12.5. The average Bonchev–Trinajstić information content (AvgIpc) is 2.47. The third-order valence-electron chi connectivity index (χ3n) is 4.22. The third-order valence-corrected chi connectivity index (χ3v) is 4.45. The van der Waals surface area contributed by atoms with Gasteiger partial charge in [-0.2, -0.15) is 0 Å². The zero-order valence-electron chi connectivity index (χ0n) is 12.5. The van der Waals surface area contributed by atoms with Crippen molar-refractivity contribution in [2.75, 3.05) is 5.73 Å². The molecule has 114 valence electrons. The maximum atomic E-state index is 12.5. The summed E-state index contributed by atoms with van der Waals surface area (Å²) in [4.78, 5) is 12.5. The van der Waals surface area contributed by atoms with E-state index in [0.717, 1.165) is 30.5 Å². The van der Waals surface area contributed by atoms with Crippen LogP contribution >= 0.6 is 11.6 Å². The first-order valence-corrected chi connectivity index (χ1v) is 7.87. The van der Waals surface area contributed by atoms with Crippen molar-refractivity contribution >= 4 is 23.2 Å². The van der Waals surface area contributed by atoms with E-state index in [9.17, 15) is 4.79 Å². The van der Waals surface area contributed by atoms with Gasteiger partial charge in [-0.05, 0) is 73.2 Å². The van der Waals surface area contributed by atoms with E-state index in [2.05, 4.69) is 5.32 Å². The predicted molar refractivity (Wildman–Crippen MR) is 90.2 cm³/mol. The number of halogens is 1. The Bertz CT molecular complexity index is 727. The van der Waals surface area contributed by atoms with Crippen molar-refractivity contribution in [2.45, 2.75) is 32.2 Å². The summed E-state index contributed by atoms with van der Waals surface area (Å²) in [6.07, 6.45) is 3.03. The molecule has 1 aliphatic carbocycles. The lowest BCUT2D eigenvalue weighted by atomic mass is 9.87. The lowest BCUT2D eigenvalue weighted by Crippen LogP contribution is -2.31. The van der Waals surface area contributed by atoms with E-state index in [1.165, 1.54) is 11.1 Å². The van der Waals surface area contributed by atoms with Crippen LogP contribution in [0, 0.1) is 6.92 Å². The second kappa shape index (κ2) is 6.01. The molecule has 0 heterocycles. The second-order valence-electron chi connectivity index (χ2n) is 5.84. The Hall–Kier alpha value is -2.00. The molecule has 0 radical (unpaired) electrons. The molecular formula is C18H19ClN2O. The number of carbonyl (C=O) groups is 1. The predicted octanol–water partition coefficient (Wildman–Crippen LogP) is 4.04. The number of amides is 1. The van der Waals surface area contributed by atoms with Gasteiger partial charge in [0.25, 0.3) is 5.91 Å². The monoisotopic (exact) mass is 314 g/mol. The molecule has 1 amide bonds. The van der Waals surface area contributed by atoms with Crippen LogP contribution in [0.15, 0.2) is 36.4 Å². The summed E-state index contributed by atoms with van der Waals surface area (Å²) in [5, 5.41) is 3.79. The highest BCUT2D eigenvalue weighted by atomic mass is 35.5. The van der Waals surface area contributed by atoms with Crippen molar-refractivity contribution in [1.29, 1.82) is 0 Å². The number of aryl methyl sites for hydroxylation is 2. The minimum absolute atomic E-state index is 0.0481. The van der Waals surface area contributed by atoms with Crippen LogP contribution in [0.5, 0.6) is 0 Å². The zero-order valence-corrected chi connectivity index (χ0v) is 13.3. The molecular weight excluding hydrogens is 296 g/mol. The van der Waals surface area contributed by atoms with E-state index in [-0.39, 0.29) is 11.9 Å². The van der Waals surface area contributed by atoms with Crippen molar-refractivity contribution in [3.63, 3.8) is 0 Å². The van der Waals surface area contributed by atoms with E-state index in [1.807, 2.05) is 31.2 Å². The summed E-state index contributed by atoms with van der Waals surface area (Å²) < 4.78 is 0. The molecule has 2 aromatic rings. The molecule has 4 heteroatoms. The number of benzene rings is 2. The normalized spacial score (nSPS) is 16.9. The molecule has 1 aliphatic rings. The highest BCUT2D eigenvalue weighted by Gasteiger charge is 2.22. The number of fused-ring (bicyclic) bond motifs is 1. The van der Waals surface area contributed by atoms with Crippen LogP contribution in [0.1, 0.15) is 45.9 Å². The van der Waals surface area contributed by atoms with Crippen LogP contribution in [0.2, 0.25) is 5.02 Å². The largest absolute Gasteiger partial charge is 0.399 e. The quantitative estimate of drug-likeness (QED) is 0.822. The molecule has 0 saturated heterocycles. The number of hydrogen-bond acceptors (Lipinski definition) is 2. The van der Waals surface area contributed by atoms with Crippen LogP contribution in [-0.4, -0.2) is 5.91 Å². The van der Waals surface area contributed by atoms with Gasteiger partial charge in [0.05, 0.1) is 6.04 Å². The Morgan fingerprint density at radius 2 is 2.09 bits per heavy atom. The average molecular weight is 315 g/mol. The minimum atomic E-state index is -0.0520. The number of nitrogen functional groups attached to an aromatic ring is 1. The first-order chi connectivity index (χ1) is 10.5. The second-order valence-corrected chi connectivity index (χ2v) is 6.27. The highest BCUT2D eigenvalue weighted by molar-refractivity contribution is 6.30. The van der Waals surface area contributed by atoms with Gasteiger partial charge in [0.2, 0.25) is 0 Å². The van der Waals surface area contributed by atoms with Gasteiger partial charge in [0, 0.05) is 16.3 Å². The Morgan fingerprint density at radius 3 is 2.86 bits per heavy atom. The third kappa shape index (κ3) is 2.95. The fraction of sp³-hybridized carbons (Fsp3) is 0.278. The fourth-order valence-electron chi connectivity index (χ4n) is 3.10. The number of hydrogen-bond donors (Lipinski definition) is 2. The summed E-state index contributed by atoms with van der Waals surface area (Å²) in [6.45, 7) is 1.90. The Kier molecular flexibility index (Phi) is 4.08. The topological polar surface area (TPSA) is 55.1 Å². The standard InChI is InChI=1S/C18H19ClN2O/c1-11-9-13(19)5-7-15(11)18(22)21-17-4-2-3-12-10-14(20)6-8-16(12)17/h5-10,17H,2-4,20H2,1H3,(H,21,22). The first-order valence-electron chi connectivity index (χ1n) is 7.50. The van der Waals surface area contributed by atoms with Gasteiger partial charge in [0.1, 0.15) is 0 Å². The number of nitrogens with one attached hydrogen (secondary N) is 1. The van der Waals surface area contributed by atoms with Crippen LogP contribution in [0.3, 0.4) is 0 Å². The van der Waals surface area contributed by atoms with Crippen molar-refractivity contribution < 1.29 is 4.79 Å². The van der Waals surface area contributed by atoms with Gasteiger partial charge in [0.15, 0.2) is 0 Å².